The molecule has 0 unspecified atom stereocenters. The molecule has 0 radical (unpaired) electrons. The first-order valence-electron chi connectivity index (χ1n) is 4.94. The lowest BCUT2D eigenvalue weighted by Crippen LogP contribution is -2.01. The fraction of sp³-hybridized carbons (Fsp3) is 0.455. The van der Waals surface area contributed by atoms with Crippen molar-refractivity contribution in [2.24, 2.45) is 5.92 Å². The minimum absolute atomic E-state index is 0.546. The van der Waals surface area contributed by atoms with Gasteiger partial charge in [-0.25, -0.2) is 0 Å². The molecule has 1 aromatic carbocycles. The molecule has 0 aliphatic heterocycles. The molecule has 0 aromatic heterocycles. The Kier molecular flexibility index (Phi) is 2.82. The van der Waals surface area contributed by atoms with E-state index in [-0.39, 0.29) is 0 Å². The van der Waals surface area contributed by atoms with Crippen molar-refractivity contribution in [3.8, 4) is 5.75 Å². The van der Waals surface area contributed by atoms with Gasteiger partial charge in [-0.1, -0.05) is 30.5 Å². The summed E-state index contributed by atoms with van der Waals surface area (Å²) in [5, 5.41) is 0.564. The molecule has 1 saturated carbocycles. The van der Waals surface area contributed by atoms with Gasteiger partial charge in [-0.2, -0.15) is 0 Å². The third-order valence-electron chi connectivity index (χ3n) is 2.49. The monoisotopic (exact) mass is 211 g/mol. The molecule has 1 aromatic rings. The van der Waals surface area contributed by atoms with Crippen LogP contribution in [0.4, 0.5) is 5.69 Å². The van der Waals surface area contributed by atoms with Crippen molar-refractivity contribution in [3.05, 3.63) is 23.2 Å². The summed E-state index contributed by atoms with van der Waals surface area (Å²) < 4.78 is 5.56. The molecular formula is C11H14ClNO. The SMILES string of the molecule is Nc1c(Cl)cccc1OCCC1CC1. The minimum Gasteiger partial charge on any atom is -0.491 e. The van der Waals surface area contributed by atoms with Crippen LogP contribution >= 0.6 is 11.6 Å². The number of benzene rings is 1. The second-order valence-electron chi connectivity index (χ2n) is 3.73. The van der Waals surface area contributed by atoms with Gasteiger partial charge in [0.15, 0.2) is 0 Å². The summed E-state index contributed by atoms with van der Waals surface area (Å²) in [6, 6.07) is 5.48. The molecule has 0 saturated heterocycles. The fourth-order valence-corrected chi connectivity index (χ4v) is 1.55. The molecule has 1 fully saturated rings. The molecule has 3 heteroatoms. The number of nitrogens with two attached hydrogens (primary N) is 1. The van der Waals surface area contributed by atoms with Gasteiger partial charge in [0.2, 0.25) is 0 Å². The highest BCUT2D eigenvalue weighted by atomic mass is 35.5. The molecule has 0 amide bonds. The van der Waals surface area contributed by atoms with Crippen LogP contribution in [0.15, 0.2) is 18.2 Å². The Bertz CT molecular complexity index is 323. The van der Waals surface area contributed by atoms with E-state index in [4.69, 9.17) is 22.1 Å². The molecule has 0 bridgehead atoms. The summed E-state index contributed by atoms with van der Waals surface area (Å²) in [5.74, 6) is 1.59. The third-order valence-corrected chi connectivity index (χ3v) is 2.82. The number of halogens is 1. The number of anilines is 1. The molecule has 0 spiro atoms. The van der Waals surface area contributed by atoms with Gasteiger partial charge in [-0.3, -0.25) is 0 Å². The lowest BCUT2D eigenvalue weighted by atomic mass is 10.3. The van der Waals surface area contributed by atoms with Crippen molar-refractivity contribution < 1.29 is 4.74 Å². The van der Waals surface area contributed by atoms with Gasteiger partial charge in [-0.15, -0.1) is 0 Å². The maximum Gasteiger partial charge on any atom is 0.143 e. The van der Waals surface area contributed by atoms with E-state index in [0.717, 1.165) is 18.9 Å². The zero-order valence-corrected chi connectivity index (χ0v) is 8.76. The maximum atomic E-state index is 5.86. The Morgan fingerprint density at radius 3 is 2.93 bits per heavy atom. The average Bonchev–Trinajstić information content (AvgIpc) is 2.96. The Morgan fingerprint density at radius 1 is 1.43 bits per heavy atom. The van der Waals surface area contributed by atoms with Gasteiger partial charge in [0.1, 0.15) is 5.75 Å². The Morgan fingerprint density at radius 2 is 2.21 bits per heavy atom. The predicted octanol–water partition coefficient (Wildman–Crippen LogP) is 3.10. The molecular weight excluding hydrogens is 198 g/mol. The van der Waals surface area contributed by atoms with Crippen LogP contribution in [-0.2, 0) is 0 Å². The van der Waals surface area contributed by atoms with Crippen LogP contribution in [0.5, 0.6) is 5.75 Å². The van der Waals surface area contributed by atoms with Crippen LogP contribution in [-0.4, -0.2) is 6.61 Å². The number of para-hydroxylation sites is 1. The van der Waals surface area contributed by atoms with E-state index in [1.807, 2.05) is 12.1 Å². The number of hydrogen-bond acceptors (Lipinski definition) is 2. The highest BCUT2D eigenvalue weighted by Crippen LogP contribution is 2.33. The smallest absolute Gasteiger partial charge is 0.143 e. The van der Waals surface area contributed by atoms with Crippen molar-refractivity contribution in [1.29, 1.82) is 0 Å². The molecule has 2 N–H and O–H groups in total. The van der Waals surface area contributed by atoms with Crippen LogP contribution in [0.1, 0.15) is 19.3 Å². The first kappa shape index (κ1) is 9.66. The summed E-state index contributed by atoms with van der Waals surface area (Å²) in [6.07, 6.45) is 3.84. The molecule has 76 valence electrons. The second kappa shape index (κ2) is 4.09. The van der Waals surface area contributed by atoms with Crippen molar-refractivity contribution in [3.63, 3.8) is 0 Å². The number of nitrogen functional groups attached to an aromatic ring is 1. The molecule has 2 rings (SSSR count). The van der Waals surface area contributed by atoms with E-state index in [1.165, 1.54) is 12.8 Å². The number of rotatable bonds is 4. The predicted molar refractivity (Wildman–Crippen MR) is 58.7 cm³/mol. The zero-order chi connectivity index (χ0) is 9.97. The summed E-state index contributed by atoms with van der Waals surface area (Å²) >= 11 is 5.86. The fourth-order valence-electron chi connectivity index (χ4n) is 1.39. The summed E-state index contributed by atoms with van der Waals surface area (Å²) in [7, 11) is 0. The minimum atomic E-state index is 0.546. The molecule has 0 heterocycles. The normalized spacial score (nSPS) is 15.5. The highest BCUT2D eigenvalue weighted by molar-refractivity contribution is 6.33. The number of ether oxygens (including phenoxy) is 1. The summed E-state index contributed by atoms with van der Waals surface area (Å²) in [6.45, 7) is 0.745. The van der Waals surface area contributed by atoms with E-state index < -0.39 is 0 Å². The van der Waals surface area contributed by atoms with Crippen molar-refractivity contribution in [1.82, 2.24) is 0 Å². The highest BCUT2D eigenvalue weighted by Gasteiger charge is 2.20. The van der Waals surface area contributed by atoms with Crippen molar-refractivity contribution >= 4 is 17.3 Å². The first-order valence-corrected chi connectivity index (χ1v) is 5.32. The van der Waals surface area contributed by atoms with Gasteiger partial charge < -0.3 is 10.5 Å². The van der Waals surface area contributed by atoms with E-state index in [2.05, 4.69) is 0 Å². The van der Waals surface area contributed by atoms with Gasteiger partial charge in [0, 0.05) is 0 Å². The third kappa shape index (κ3) is 2.32. The Balaban J connectivity index is 1.90. The van der Waals surface area contributed by atoms with E-state index in [1.54, 1.807) is 6.07 Å². The molecule has 0 atom stereocenters. The molecule has 2 nitrogen and oxygen atoms in total. The zero-order valence-electron chi connectivity index (χ0n) is 8.00. The van der Waals surface area contributed by atoms with Crippen LogP contribution in [0, 0.1) is 5.92 Å². The molecule has 1 aliphatic carbocycles. The van der Waals surface area contributed by atoms with Crippen molar-refractivity contribution in [2.45, 2.75) is 19.3 Å². The standard InChI is InChI=1S/C11H14ClNO/c12-9-2-1-3-10(11(9)13)14-7-6-8-4-5-8/h1-3,8H,4-7,13H2. The molecule has 1 aliphatic rings. The lowest BCUT2D eigenvalue weighted by Gasteiger charge is -2.08. The Hall–Kier alpha value is -0.890. The maximum absolute atomic E-state index is 5.86. The van der Waals surface area contributed by atoms with Crippen molar-refractivity contribution in [2.75, 3.05) is 12.3 Å². The van der Waals surface area contributed by atoms with E-state index in [0.29, 0.717) is 16.5 Å². The van der Waals surface area contributed by atoms with Crippen LogP contribution < -0.4 is 10.5 Å². The van der Waals surface area contributed by atoms with Gasteiger partial charge in [-0.05, 0) is 24.5 Å². The lowest BCUT2D eigenvalue weighted by molar-refractivity contribution is 0.304. The summed E-state index contributed by atoms with van der Waals surface area (Å²) in [4.78, 5) is 0. The van der Waals surface area contributed by atoms with Gasteiger partial charge >= 0.3 is 0 Å². The van der Waals surface area contributed by atoms with Gasteiger partial charge in [0.25, 0.3) is 0 Å². The second-order valence-corrected chi connectivity index (χ2v) is 4.14. The quantitative estimate of drug-likeness (QED) is 0.777. The number of hydrogen-bond donors (Lipinski definition) is 1. The van der Waals surface area contributed by atoms with E-state index in [9.17, 15) is 0 Å². The average molecular weight is 212 g/mol. The van der Waals surface area contributed by atoms with Gasteiger partial charge in [0.05, 0.1) is 17.3 Å². The van der Waals surface area contributed by atoms with Crippen LogP contribution in [0.2, 0.25) is 5.02 Å². The van der Waals surface area contributed by atoms with Crippen LogP contribution in [0.25, 0.3) is 0 Å². The van der Waals surface area contributed by atoms with E-state index >= 15 is 0 Å². The topological polar surface area (TPSA) is 35.2 Å². The largest absolute Gasteiger partial charge is 0.491 e. The summed E-state index contributed by atoms with van der Waals surface area (Å²) in [5.41, 5.74) is 6.30. The molecule has 14 heavy (non-hydrogen) atoms. The Labute approximate surface area is 89.0 Å². The van der Waals surface area contributed by atoms with Crippen LogP contribution in [0.3, 0.4) is 0 Å². The first-order chi connectivity index (χ1) is 6.77.